The lowest BCUT2D eigenvalue weighted by atomic mass is 10.1. The van der Waals surface area contributed by atoms with Crippen molar-refractivity contribution in [2.45, 2.75) is 33.6 Å². The fraction of sp³-hybridized carbons (Fsp3) is 0.727. The summed E-state index contributed by atoms with van der Waals surface area (Å²) in [6.45, 7) is 7.55. The van der Waals surface area contributed by atoms with Crippen LogP contribution in [0.25, 0.3) is 0 Å². The molecule has 3 heteroatoms. The van der Waals surface area contributed by atoms with Crippen molar-refractivity contribution in [2.24, 2.45) is 0 Å². The summed E-state index contributed by atoms with van der Waals surface area (Å²) < 4.78 is 0. The standard InChI is InChI=1S/C9H15NO2.C2H6/c1-8-2-5-10(6-3-8)9(12)4-7-11;1-2/h2,11H,3-7H2,1H3;1-2H3. The summed E-state index contributed by atoms with van der Waals surface area (Å²) in [5.74, 6) is 0.0567. The zero-order valence-corrected chi connectivity index (χ0v) is 9.42. The van der Waals surface area contributed by atoms with Crippen LogP contribution in [0, 0.1) is 0 Å². The van der Waals surface area contributed by atoms with E-state index < -0.39 is 0 Å². The number of nitrogens with zero attached hydrogens (tertiary/aromatic N) is 1. The Bertz CT molecular complexity index is 199. The van der Waals surface area contributed by atoms with E-state index >= 15 is 0 Å². The summed E-state index contributed by atoms with van der Waals surface area (Å²) in [6, 6.07) is 0. The van der Waals surface area contributed by atoms with Gasteiger partial charge < -0.3 is 10.0 Å². The minimum absolute atomic E-state index is 0.0436. The summed E-state index contributed by atoms with van der Waals surface area (Å²) >= 11 is 0. The highest BCUT2D eigenvalue weighted by Gasteiger charge is 2.14. The monoisotopic (exact) mass is 199 g/mol. The molecule has 0 unspecified atom stereocenters. The van der Waals surface area contributed by atoms with Crippen LogP contribution < -0.4 is 0 Å². The highest BCUT2D eigenvalue weighted by atomic mass is 16.3. The van der Waals surface area contributed by atoms with E-state index in [-0.39, 0.29) is 18.9 Å². The summed E-state index contributed by atoms with van der Waals surface area (Å²) in [4.78, 5) is 13.0. The first-order valence-corrected chi connectivity index (χ1v) is 5.28. The molecule has 0 atom stereocenters. The highest BCUT2D eigenvalue weighted by molar-refractivity contribution is 5.76. The molecule has 82 valence electrons. The fourth-order valence-corrected chi connectivity index (χ4v) is 1.25. The van der Waals surface area contributed by atoms with Gasteiger partial charge in [0.15, 0.2) is 0 Å². The fourth-order valence-electron chi connectivity index (χ4n) is 1.25. The third-order valence-corrected chi connectivity index (χ3v) is 2.11. The minimum Gasteiger partial charge on any atom is -0.396 e. The first-order valence-electron chi connectivity index (χ1n) is 5.28. The van der Waals surface area contributed by atoms with E-state index in [2.05, 4.69) is 13.0 Å². The molecule has 1 rings (SSSR count). The number of rotatable bonds is 2. The Morgan fingerprint density at radius 2 is 2.21 bits per heavy atom. The number of aliphatic hydroxyl groups is 1. The van der Waals surface area contributed by atoms with Crippen LogP contribution in [0.1, 0.15) is 33.6 Å². The van der Waals surface area contributed by atoms with E-state index in [0.717, 1.165) is 13.0 Å². The lowest BCUT2D eigenvalue weighted by Crippen LogP contribution is -2.34. The van der Waals surface area contributed by atoms with E-state index in [1.807, 2.05) is 13.8 Å². The van der Waals surface area contributed by atoms with Gasteiger partial charge in [0.25, 0.3) is 0 Å². The Hall–Kier alpha value is -0.830. The SMILES string of the molecule is CC.CC1=CCN(C(=O)CCO)CC1. The summed E-state index contributed by atoms with van der Waals surface area (Å²) in [6.07, 6.45) is 3.29. The lowest BCUT2D eigenvalue weighted by Gasteiger charge is -2.25. The van der Waals surface area contributed by atoms with Crippen molar-refractivity contribution in [3.63, 3.8) is 0 Å². The molecule has 14 heavy (non-hydrogen) atoms. The molecular weight excluding hydrogens is 178 g/mol. The van der Waals surface area contributed by atoms with Crippen LogP contribution in [0.15, 0.2) is 11.6 Å². The topological polar surface area (TPSA) is 40.5 Å². The molecule has 3 nitrogen and oxygen atoms in total. The average molecular weight is 199 g/mol. The number of carbonyl (C=O) groups excluding carboxylic acids is 1. The normalized spacial score (nSPS) is 15.4. The molecule has 0 bridgehead atoms. The number of hydrogen-bond donors (Lipinski definition) is 1. The van der Waals surface area contributed by atoms with E-state index in [1.54, 1.807) is 4.90 Å². The number of amides is 1. The third-order valence-electron chi connectivity index (χ3n) is 2.11. The molecule has 0 aliphatic carbocycles. The van der Waals surface area contributed by atoms with Crippen molar-refractivity contribution in [3.05, 3.63) is 11.6 Å². The quantitative estimate of drug-likeness (QED) is 0.686. The predicted octanol–water partition coefficient (Wildman–Crippen LogP) is 1.57. The van der Waals surface area contributed by atoms with Crippen LogP contribution in [0.4, 0.5) is 0 Å². The van der Waals surface area contributed by atoms with Gasteiger partial charge in [0, 0.05) is 19.5 Å². The first-order chi connectivity index (χ1) is 6.74. The van der Waals surface area contributed by atoms with Gasteiger partial charge in [-0.15, -0.1) is 0 Å². The molecule has 1 aliphatic heterocycles. The molecule has 1 N–H and O–H groups in total. The second-order valence-electron chi connectivity index (χ2n) is 3.11. The van der Waals surface area contributed by atoms with Gasteiger partial charge in [-0.05, 0) is 13.3 Å². The maximum absolute atomic E-state index is 11.2. The molecule has 0 aromatic carbocycles. The van der Waals surface area contributed by atoms with Gasteiger partial charge in [-0.2, -0.15) is 0 Å². The van der Waals surface area contributed by atoms with Gasteiger partial charge >= 0.3 is 0 Å². The van der Waals surface area contributed by atoms with Crippen LogP contribution in [0.5, 0.6) is 0 Å². The molecule has 1 heterocycles. The van der Waals surface area contributed by atoms with Crippen molar-refractivity contribution < 1.29 is 9.90 Å². The van der Waals surface area contributed by atoms with Gasteiger partial charge in [0.2, 0.25) is 5.91 Å². The van der Waals surface area contributed by atoms with Crippen LogP contribution in [0.2, 0.25) is 0 Å². The molecule has 0 radical (unpaired) electrons. The molecule has 0 fully saturated rings. The summed E-state index contributed by atoms with van der Waals surface area (Å²) in [7, 11) is 0. The van der Waals surface area contributed by atoms with Crippen molar-refractivity contribution in [3.8, 4) is 0 Å². The van der Waals surface area contributed by atoms with Gasteiger partial charge in [-0.3, -0.25) is 4.79 Å². The zero-order valence-electron chi connectivity index (χ0n) is 9.42. The first kappa shape index (κ1) is 13.2. The Kier molecular flexibility index (Phi) is 7.11. The maximum Gasteiger partial charge on any atom is 0.225 e. The second-order valence-corrected chi connectivity index (χ2v) is 3.11. The van der Waals surface area contributed by atoms with Crippen molar-refractivity contribution in [1.82, 2.24) is 4.90 Å². The van der Waals surface area contributed by atoms with Crippen molar-refractivity contribution in [1.29, 1.82) is 0 Å². The van der Waals surface area contributed by atoms with Gasteiger partial charge in [-0.25, -0.2) is 0 Å². The third kappa shape index (κ3) is 4.42. The molecule has 0 saturated heterocycles. The Morgan fingerprint density at radius 3 is 2.64 bits per heavy atom. The highest BCUT2D eigenvalue weighted by Crippen LogP contribution is 2.09. The van der Waals surface area contributed by atoms with E-state index in [1.165, 1.54) is 5.57 Å². The van der Waals surface area contributed by atoms with Crippen LogP contribution >= 0.6 is 0 Å². The van der Waals surface area contributed by atoms with Crippen LogP contribution in [-0.2, 0) is 4.79 Å². The molecule has 0 saturated carbocycles. The van der Waals surface area contributed by atoms with Crippen molar-refractivity contribution in [2.75, 3.05) is 19.7 Å². The Balaban J connectivity index is 0.000000791. The number of aliphatic hydroxyl groups excluding tert-OH is 1. The van der Waals surface area contributed by atoms with Crippen LogP contribution in [-0.4, -0.2) is 35.6 Å². The number of hydrogen-bond acceptors (Lipinski definition) is 2. The molecule has 0 aromatic rings. The van der Waals surface area contributed by atoms with Gasteiger partial charge in [-0.1, -0.05) is 25.5 Å². The Morgan fingerprint density at radius 1 is 1.57 bits per heavy atom. The second kappa shape index (κ2) is 7.56. The van der Waals surface area contributed by atoms with E-state index in [0.29, 0.717) is 6.54 Å². The zero-order chi connectivity index (χ0) is 11.0. The average Bonchev–Trinajstić information content (AvgIpc) is 2.22. The minimum atomic E-state index is -0.0436. The lowest BCUT2D eigenvalue weighted by molar-refractivity contribution is -0.131. The summed E-state index contributed by atoms with van der Waals surface area (Å²) in [5, 5.41) is 8.56. The Labute approximate surface area is 86.4 Å². The molecule has 0 aromatic heterocycles. The van der Waals surface area contributed by atoms with Gasteiger partial charge in [0.05, 0.1) is 6.61 Å². The van der Waals surface area contributed by atoms with Gasteiger partial charge in [0.1, 0.15) is 0 Å². The van der Waals surface area contributed by atoms with Crippen LogP contribution in [0.3, 0.4) is 0 Å². The molecule has 1 amide bonds. The molecule has 0 spiro atoms. The summed E-state index contributed by atoms with van der Waals surface area (Å²) in [5.41, 5.74) is 1.35. The smallest absolute Gasteiger partial charge is 0.225 e. The van der Waals surface area contributed by atoms with Crippen molar-refractivity contribution >= 4 is 5.91 Å². The largest absolute Gasteiger partial charge is 0.396 e. The molecule has 1 aliphatic rings. The van der Waals surface area contributed by atoms with E-state index in [4.69, 9.17) is 5.11 Å². The predicted molar refractivity (Wildman–Crippen MR) is 58.0 cm³/mol. The molecular formula is C11H21NO2. The number of carbonyl (C=O) groups is 1. The van der Waals surface area contributed by atoms with E-state index in [9.17, 15) is 4.79 Å². The maximum atomic E-state index is 11.2.